The first-order valence-corrected chi connectivity index (χ1v) is 10.7. The van der Waals surface area contributed by atoms with Crippen LogP contribution in [0.25, 0.3) is 5.65 Å². The molecular formula is C21H24F3N7O. The lowest BCUT2D eigenvalue weighted by atomic mass is 9.69. The second-order valence-electron chi connectivity index (χ2n) is 9.90. The number of aryl methyl sites for hydroxylation is 1. The van der Waals surface area contributed by atoms with Gasteiger partial charge in [0.25, 0.3) is 0 Å². The monoisotopic (exact) mass is 447 g/mol. The van der Waals surface area contributed by atoms with Crippen molar-refractivity contribution in [3.8, 4) is 0 Å². The van der Waals surface area contributed by atoms with Gasteiger partial charge in [-0.1, -0.05) is 0 Å². The standard InChI is InChI=1S/C21H24F3N7O/c1-13-7-14(8-30-16(13)26-17(28-30)20-9-19(25,10-20)12-32-20)29-6-4-18(2,11-29)31-5-3-15(27-31)21(22,23)24/h3,5,7-8H,4,6,9-12,25H2,1-2H3/t18-,19?,20?/m1/s1. The molecule has 1 aliphatic carbocycles. The molecule has 0 radical (unpaired) electrons. The Morgan fingerprint density at radius 2 is 2.00 bits per heavy atom. The Balaban J connectivity index is 1.28. The number of hydrogen-bond donors (Lipinski definition) is 1. The molecule has 4 aliphatic rings. The summed E-state index contributed by atoms with van der Waals surface area (Å²) in [7, 11) is 0. The van der Waals surface area contributed by atoms with E-state index in [2.05, 4.69) is 10.00 Å². The molecule has 6 heterocycles. The molecule has 3 aromatic heterocycles. The second kappa shape index (κ2) is 6.02. The van der Waals surface area contributed by atoms with Gasteiger partial charge < -0.3 is 15.4 Å². The summed E-state index contributed by atoms with van der Waals surface area (Å²) in [5, 5.41) is 8.52. The number of hydrogen-bond acceptors (Lipinski definition) is 6. The summed E-state index contributed by atoms with van der Waals surface area (Å²) >= 11 is 0. The Morgan fingerprint density at radius 3 is 2.66 bits per heavy atom. The first-order chi connectivity index (χ1) is 15.0. The van der Waals surface area contributed by atoms with E-state index in [1.165, 1.54) is 10.9 Å². The fourth-order valence-electron chi connectivity index (χ4n) is 5.42. The second-order valence-corrected chi connectivity index (χ2v) is 9.90. The van der Waals surface area contributed by atoms with Crippen molar-refractivity contribution >= 4 is 11.3 Å². The van der Waals surface area contributed by atoms with Crippen LogP contribution < -0.4 is 10.6 Å². The fraction of sp³-hybridized carbons (Fsp3) is 0.571. The highest BCUT2D eigenvalue weighted by Gasteiger charge is 2.63. The average Bonchev–Trinajstić information content (AvgIpc) is 3.47. The Bertz CT molecular complexity index is 1230. The highest BCUT2D eigenvalue weighted by Crippen LogP contribution is 2.55. The van der Waals surface area contributed by atoms with Gasteiger partial charge in [-0.25, -0.2) is 9.50 Å². The van der Waals surface area contributed by atoms with Crippen LogP contribution in [0, 0.1) is 6.92 Å². The molecule has 0 aromatic carbocycles. The van der Waals surface area contributed by atoms with Crippen LogP contribution in [-0.4, -0.2) is 49.6 Å². The smallest absolute Gasteiger partial charge is 0.368 e. The van der Waals surface area contributed by atoms with Crippen LogP contribution in [-0.2, 0) is 22.1 Å². The maximum atomic E-state index is 13.0. The van der Waals surface area contributed by atoms with Gasteiger partial charge >= 0.3 is 6.18 Å². The van der Waals surface area contributed by atoms with Gasteiger partial charge in [0.2, 0.25) is 0 Å². The summed E-state index contributed by atoms with van der Waals surface area (Å²) in [5.41, 5.74) is 6.79. The van der Waals surface area contributed by atoms with Gasteiger partial charge in [0, 0.05) is 37.7 Å². The SMILES string of the molecule is Cc1cc(N2CC[C@@](C)(n3ccc(C(F)(F)F)n3)C2)cn2nc(C34CC(N)(CO3)C4)nc12. The lowest BCUT2D eigenvalue weighted by molar-refractivity contribution is -0.141. The van der Waals surface area contributed by atoms with Gasteiger partial charge in [0.05, 0.1) is 24.0 Å². The van der Waals surface area contributed by atoms with Gasteiger partial charge in [-0.15, -0.1) is 5.10 Å². The van der Waals surface area contributed by atoms with Crippen LogP contribution in [0.5, 0.6) is 0 Å². The third-order valence-corrected chi connectivity index (χ3v) is 7.17. The molecule has 1 saturated carbocycles. The quantitative estimate of drug-likeness (QED) is 0.664. The number of anilines is 1. The Kier molecular flexibility index (Phi) is 3.76. The minimum Gasteiger partial charge on any atom is -0.368 e. The van der Waals surface area contributed by atoms with Crippen molar-refractivity contribution < 1.29 is 17.9 Å². The van der Waals surface area contributed by atoms with Crippen LogP contribution in [0.15, 0.2) is 24.5 Å². The predicted molar refractivity (Wildman–Crippen MR) is 109 cm³/mol. The van der Waals surface area contributed by atoms with Crippen LogP contribution >= 0.6 is 0 Å². The lowest BCUT2D eigenvalue weighted by Gasteiger charge is -2.39. The molecule has 7 rings (SSSR count). The number of fused-ring (bicyclic) bond motifs is 2. The molecule has 2 N–H and O–H groups in total. The van der Waals surface area contributed by atoms with Gasteiger partial charge in [0.15, 0.2) is 17.2 Å². The summed E-state index contributed by atoms with van der Waals surface area (Å²) in [4.78, 5) is 6.89. The molecule has 1 atom stereocenters. The number of halogens is 3. The zero-order valence-electron chi connectivity index (χ0n) is 17.9. The first-order valence-electron chi connectivity index (χ1n) is 10.7. The van der Waals surface area contributed by atoms with E-state index in [4.69, 9.17) is 20.6 Å². The van der Waals surface area contributed by atoms with Gasteiger partial charge in [-0.2, -0.15) is 18.3 Å². The number of aromatic nitrogens is 5. The number of pyridine rings is 1. The van der Waals surface area contributed by atoms with E-state index in [1.54, 1.807) is 4.52 Å². The van der Waals surface area contributed by atoms with E-state index in [0.29, 0.717) is 31.9 Å². The van der Waals surface area contributed by atoms with E-state index < -0.39 is 23.0 Å². The van der Waals surface area contributed by atoms with E-state index >= 15 is 0 Å². The minimum atomic E-state index is -4.45. The number of rotatable bonds is 3. The van der Waals surface area contributed by atoms with Crippen LogP contribution in [0.1, 0.15) is 43.3 Å². The van der Waals surface area contributed by atoms with E-state index in [9.17, 15) is 13.2 Å². The summed E-state index contributed by atoms with van der Waals surface area (Å²) in [6.07, 6.45) is 1.05. The van der Waals surface area contributed by atoms with Crippen molar-refractivity contribution in [2.24, 2.45) is 5.73 Å². The summed E-state index contributed by atoms with van der Waals surface area (Å²) in [5.74, 6) is 0.666. The Hall–Kier alpha value is -2.66. The zero-order valence-corrected chi connectivity index (χ0v) is 17.9. The lowest BCUT2D eigenvalue weighted by Crippen LogP contribution is -2.54. The molecule has 2 bridgehead atoms. The molecule has 3 aromatic rings. The molecule has 0 unspecified atom stereocenters. The third kappa shape index (κ3) is 2.80. The molecule has 3 saturated heterocycles. The van der Waals surface area contributed by atoms with Crippen LogP contribution in [0.4, 0.5) is 18.9 Å². The molecule has 11 heteroatoms. The first kappa shape index (κ1) is 20.0. The van der Waals surface area contributed by atoms with Crippen molar-refractivity contribution in [2.75, 3.05) is 24.6 Å². The maximum Gasteiger partial charge on any atom is 0.435 e. The number of nitrogens with two attached hydrogens (primary N) is 1. The fourth-order valence-corrected chi connectivity index (χ4v) is 5.42. The third-order valence-electron chi connectivity index (χ3n) is 7.17. The van der Waals surface area contributed by atoms with Crippen LogP contribution in [0.3, 0.4) is 0 Å². The topological polar surface area (TPSA) is 86.5 Å². The minimum absolute atomic E-state index is 0.254. The van der Waals surface area contributed by atoms with E-state index in [-0.39, 0.29) is 5.54 Å². The molecule has 3 aliphatic heterocycles. The van der Waals surface area contributed by atoms with Crippen molar-refractivity contribution in [3.63, 3.8) is 0 Å². The number of ether oxygens (including phenoxy) is 1. The highest BCUT2D eigenvalue weighted by atomic mass is 19.4. The predicted octanol–water partition coefficient (Wildman–Crippen LogP) is 2.60. The van der Waals surface area contributed by atoms with Crippen molar-refractivity contribution in [3.05, 3.63) is 41.6 Å². The molecular weight excluding hydrogens is 423 g/mol. The zero-order chi connectivity index (χ0) is 22.5. The average molecular weight is 447 g/mol. The molecule has 0 amide bonds. The van der Waals surface area contributed by atoms with Crippen molar-refractivity contribution in [2.45, 2.75) is 56.0 Å². The van der Waals surface area contributed by atoms with Gasteiger partial charge in [-0.05, 0) is 38.0 Å². The van der Waals surface area contributed by atoms with Gasteiger partial charge in [0.1, 0.15) is 5.60 Å². The Morgan fingerprint density at radius 1 is 1.22 bits per heavy atom. The van der Waals surface area contributed by atoms with E-state index in [1.807, 2.05) is 26.1 Å². The molecule has 4 fully saturated rings. The summed E-state index contributed by atoms with van der Waals surface area (Å²) in [6, 6.07) is 3.08. The molecule has 0 spiro atoms. The van der Waals surface area contributed by atoms with Crippen LogP contribution in [0.2, 0.25) is 0 Å². The normalized spacial score (nSPS) is 32.1. The highest BCUT2D eigenvalue weighted by molar-refractivity contribution is 5.58. The summed E-state index contributed by atoms with van der Waals surface area (Å²) < 4.78 is 48.1. The van der Waals surface area contributed by atoms with Gasteiger partial charge in [-0.3, -0.25) is 4.68 Å². The number of nitrogens with zero attached hydrogens (tertiary/aromatic N) is 6. The molecule has 170 valence electrons. The Labute approximate surface area is 182 Å². The summed E-state index contributed by atoms with van der Waals surface area (Å²) in [6.45, 7) is 5.69. The van der Waals surface area contributed by atoms with E-state index in [0.717, 1.165) is 35.8 Å². The maximum absolute atomic E-state index is 13.0. The molecule has 32 heavy (non-hydrogen) atoms. The number of alkyl halides is 3. The molecule has 8 nitrogen and oxygen atoms in total. The largest absolute Gasteiger partial charge is 0.435 e. The van der Waals surface area contributed by atoms with Crippen molar-refractivity contribution in [1.29, 1.82) is 0 Å². The van der Waals surface area contributed by atoms with Crippen molar-refractivity contribution in [1.82, 2.24) is 24.4 Å².